The fourth-order valence-corrected chi connectivity index (χ4v) is 2.88. The van der Waals surface area contributed by atoms with Crippen molar-refractivity contribution in [2.45, 2.75) is 0 Å². The van der Waals surface area contributed by atoms with Crippen LogP contribution in [-0.4, -0.2) is 35.2 Å². The summed E-state index contributed by atoms with van der Waals surface area (Å²) in [6, 6.07) is 15.7. The number of anilines is 2. The van der Waals surface area contributed by atoms with E-state index in [1.54, 1.807) is 24.5 Å². The summed E-state index contributed by atoms with van der Waals surface area (Å²) in [4.78, 5) is 8.79. The largest absolute Gasteiger partial charge is 0.324 e. The third-order valence-corrected chi connectivity index (χ3v) is 4.16. The third-order valence-electron chi connectivity index (χ3n) is 4.16. The highest BCUT2D eigenvalue weighted by atomic mass is 19.1. The van der Waals surface area contributed by atoms with Gasteiger partial charge in [-0.05, 0) is 36.4 Å². The van der Waals surface area contributed by atoms with Crippen molar-refractivity contribution in [1.82, 2.24) is 35.2 Å². The number of aromatic amines is 1. The van der Waals surface area contributed by atoms with Gasteiger partial charge < -0.3 is 5.32 Å². The Bertz CT molecular complexity index is 1260. The van der Waals surface area contributed by atoms with E-state index in [1.807, 2.05) is 30.3 Å². The van der Waals surface area contributed by atoms with Crippen LogP contribution in [0.4, 0.5) is 16.0 Å². The predicted molar refractivity (Wildman–Crippen MR) is 102 cm³/mol. The van der Waals surface area contributed by atoms with Crippen molar-refractivity contribution in [1.29, 1.82) is 0 Å². The Morgan fingerprint density at radius 2 is 1.96 bits per heavy atom. The molecule has 2 aromatic carbocycles. The summed E-state index contributed by atoms with van der Waals surface area (Å²) in [5, 5.41) is 18.3. The van der Waals surface area contributed by atoms with Crippen LogP contribution < -0.4 is 5.32 Å². The lowest BCUT2D eigenvalue weighted by atomic mass is 10.1. The zero-order valence-corrected chi connectivity index (χ0v) is 14.4. The number of rotatable bonds is 4. The molecule has 0 atom stereocenters. The quantitative estimate of drug-likeness (QED) is 0.501. The average molecular weight is 372 g/mol. The number of hydrogen-bond donors (Lipinski definition) is 2. The van der Waals surface area contributed by atoms with E-state index in [0.29, 0.717) is 22.8 Å². The summed E-state index contributed by atoms with van der Waals surface area (Å²) >= 11 is 0. The lowest BCUT2D eigenvalue weighted by molar-refractivity contribution is 0.625. The number of fused-ring (bicyclic) bond motifs is 1. The molecule has 0 aliphatic heterocycles. The van der Waals surface area contributed by atoms with Crippen LogP contribution in [0.25, 0.3) is 28.1 Å². The van der Waals surface area contributed by atoms with Crippen LogP contribution in [-0.2, 0) is 0 Å². The molecular formula is C19H13FN8. The van der Waals surface area contributed by atoms with Gasteiger partial charge in [-0.15, -0.1) is 5.10 Å². The topological polar surface area (TPSA) is 97.2 Å². The molecule has 136 valence electrons. The number of nitrogens with one attached hydrogen (secondary N) is 2. The van der Waals surface area contributed by atoms with Crippen molar-refractivity contribution >= 4 is 22.8 Å². The van der Waals surface area contributed by atoms with Crippen molar-refractivity contribution in [2.75, 3.05) is 5.32 Å². The molecule has 28 heavy (non-hydrogen) atoms. The smallest absolute Gasteiger partial charge is 0.229 e. The van der Waals surface area contributed by atoms with Gasteiger partial charge in [0.1, 0.15) is 5.82 Å². The first-order valence-electron chi connectivity index (χ1n) is 8.48. The Morgan fingerprint density at radius 3 is 2.82 bits per heavy atom. The van der Waals surface area contributed by atoms with E-state index in [4.69, 9.17) is 0 Å². The van der Waals surface area contributed by atoms with Crippen molar-refractivity contribution in [2.24, 2.45) is 0 Å². The minimum atomic E-state index is -0.358. The standard InChI is InChI=1S/C19H13FN8/c20-13-4-2-6-15(10-13)28-18-17(26-27-28)11-21-19(24-18)23-14-5-1-3-12(9-14)16-7-8-22-25-16/h1-11H,(H,22,25)(H,21,23,24). The lowest BCUT2D eigenvalue weighted by Crippen LogP contribution is -2.01. The van der Waals surface area contributed by atoms with E-state index in [9.17, 15) is 4.39 Å². The van der Waals surface area contributed by atoms with Crippen LogP contribution in [0.3, 0.4) is 0 Å². The van der Waals surface area contributed by atoms with E-state index in [0.717, 1.165) is 16.9 Å². The van der Waals surface area contributed by atoms with Gasteiger partial charge in [0.25, 0.3) is 0 Å². The molecule has 2 N–H and O–H groups in total. The lowest BCUT2D eigenvalue weighted by Gasteiger charge is -2.07. The van der Waals surface area contributed by atoms with Crippen LogP contribution in [0.1, 0.15) is 0 Å². The average Bonchev–Trinajstić information content (AvgIpc) is 3.38. The van der Waals surface area contributed by atoms with E-state index in [2.05, 4.69) is 35.8 Å². The fourth-order valence-electron chi connectivity index (χ4n) is 2.88. The summed E-state index contributed by atoms with van der Waals surface area (Å²) in [7, 11) is 0. The van der Waals surface area contributed by atoms with Gasteiger partial charge in [-0.3, -0.25) is 5.10 Å². The van der Waals surface area contributed by atoms with Crippen molar-refractivity contribution in [3.8, 4) is 16.9 Å². The predicted octanol–water partition coefficient (Wildman–Crippen LogP) is 3.48. The van der Waals surface area contributed by atoms with Gasteiger partial charge in [0.15, 0.2) is 11.2 Å². The van der Waals surface area contributed by atoms with Crippen molar-refractivity contribution in [3.05, 3.63) is 72.8 Å². The zero-order valence-electron chi connectivity index (χ0n) is 14.4. The second-order valence-corrected chi connectivity index (χ2v) is 6.05. The molecule has 0 spiro atoms. The summed E-state index contributed by atoms with van der Waals surface area (Å²) in [6.45, 7) is 0. The van der Waals surface area contributed by atoms with Gasteiger partial charge in [-0.1, -0.05) is 23.4 Å². The second kappa shape index (κ2) is 6.54. The van der Waals surface area contributed by atoms with Crippen LogP contribution in [0.5, 0.6) is 0 Å². The molecule has 0 unspecified atom stereocenters. The minimum absolute atomic E-state index is 0.358. The fraction of sp³-hybridized carbons (Fsp3) is 0. The van der Waals surface area contributed by atoms with Crippen LogP contribution in [0.2, 0.25) is 0 Å². The van der Waals surface area contributed by atoms with Gasteiger partial charge in [-0.2, -0.15) is 14.8 Å². The molecule has 5 rings (SSSR count). The van der Waals surface area contributed by atoms with Crippen LogP contribution >= 0.6 is 0 Å². The Hall–Kier alpha value is -4.14. The Labute approximate surface area is 158 Å². The summed E-state index contributed by atoms with van der Waals surface area (Å²) < 4.78 is 15.0. The second-order valence-electron chi connectivity index (χ2n) is 6.05. The Balaban J connectivity index is 1.50. The molecule has 0 bridgehead atoms. The third kappa shape index (κ3) is 2.94. The molecule has 3 heterocycles. The molecule has 0 aliphatic carbocycles. The number of benzene rings is 2. The van der Waals surface area contributed by atoms with Gasteiger partial charge in [-0.25, -0.2) is 9.37 Å². The van der Waals surface area contributed by atoms with E-state index < -0.39 is 0 Å². The molecule has 0 saturated carbocycles. The first kappa shape index (κ1) is 16.1. The van der Waals surface area contributed by atoms with Gasteiger partial charge in [0.2, 0.25) is 5.95 Å². The van der Waals surface area contributed by atoms with Crippen molar-refractivity contribution in [3.63, 3.8) is 0 Å². The maximum Gasteiger partial charge on any atom is 0.229 e. The molecular weight excluding hydrogens is 359 g/mol. The number of nitrogens with zero attached hydrogens (tertiary/aromatic N) is 6. The molecule has 8 nitrogen and oxygen atoms in total. The summed E-state index contributed by atoms with van der Waals surface area (Å²) in [5.74, 6) is 0.0235. The highest BCUT2D eigenvalue weighted by Crippen LogP contribution is 2.23. The number of aromatic nitrogens is 7. The maximum absolute atomic E-state index is 13.6. The first-order valence-corrected chi connectivity index (χ1v) is 8.48. The van der Waals surface area contributed by atoms with E-state index >= 15 is 0 Å². The van der Waals surface area contributed by atoms with Crippen LogP contribution in [0.15, 0.2) is 67.0 Å². The Kier molecular flexibility index (Phi) is 3.75. The van der Waals surface area contributed by atoms with E-state index in [-0.39, 0.29) is 5.82 Å². The number of halogens is 1. The minimum Gasteiger partial charge on any atom is -0.324 e. The highest BCUT2D eigenvalue weighted by molar-refractivity contribution is 5.73. The molecule has 0 aliphatic rings. The molecule has 3 aromatic heterocycles. The number of hydrogen-bond acceptors (Lipinski definition) is 6. The summed E-state index contributed by atoms with van der Waals surface area (Å²) in [5.41, 5.74) is 4.14. The molecule has 0 radical (unpaired) electrons. The highest BCUT2D eigenvalue weighted by Gasteiger charge is 2.11. The molecule has 0 saturated heterocycles. The van der Waals surface area contributed by atoms with Crippen molar-refractivity contribution < 1.29 is 4.39 Å². The molecule has 5 aromatic rings. The Morgan fingerprint density at radius 1 is 1.04 bits per heavy atom. The van der Waals surface area contributed by atoms with Crippen LogP contribution in [0, 0.1) is 5.82 Å². The molecule has 9 heteroatoms. The molecule has 0 amide bonds. The monoisotopic (exact) mass is 372 g/mol. The van der Waals surface area contributed by atoms with Gasteiger partial charge in [0.05, 0.1) is 17.6 Å². The normalized spacial score (nSPS) is 11.0. The van der Waals surface area contributed by atoms with Gasteiger partial charge in [0, 0.05) is 17.4 Å². The SMILES string of the molecule is Fc1cccc(-n2nnc3cnc(Nc4cccc(-c5cc[nH]n5)c4)nc32)c1. The number of H-pyrrole nitrogens is 1. The first-order chi connectivity index (χ1) is 13.8. The zero-order chi connectivity index (χ0) is 18.9. The van der Waals surface area contributed by atoms with E-state index in [1.165, 1.54) is 16.8 Å². The van der Waals surface area contributed by atoms with Gasteiger partial charge >= 0.3 is 0 Å². The summed E-state index contributed by atoms with van der Waals surface area (Å²) in [6.07, 6.45) is 3.35. The molecule has 0 fully saturated rings. The maximum atomic E-state index is 13.6.